The lowest BCUT2D eigenvalue weighted by atomic mass is 9.89. The fourth-order valence-electron chi connectivity index (χ4n) is 4.94. The molecular weight excluding hydrogens is 590 g/mol. The van der Waals surface area contributed by atoms with Crippen LogP contribution in [0.1, 0.15) is 46.7 Å². The van der Waals surface area contributed by atoms with Gasteiger partial charge in [0.2, 0.25) is 5.91 Å². The van der Waals surface area contributed by atoms with Gasteiger partial charge in [-0.25, -0.2) is 27.5 Å². The van der Waals surface area contributed by atoms with Crippen LogP contribution in [0.5, 0.6) is 0 Å². The van der Waals surface area contributed by atoms with Crippen molar-refractivity contribution in [1.29, 1.82) is 0 Å². The van der Waals surface area contributed by atoms with E-state index in [2.05, 4.69) is 37.2 Å². The fraction of sp³-hybridized carbons (Fsp3) is 0.241. The molecule has 3 atom stereocenters. The van der Waals surface area contributed by atoms with Crippen molar-refractivity contribution in [1.82, 2.24) is 24.7 Å². The van der Waals surface area contributed by atoms with Crippen LogP contribution in [0, 0.1) is 42.2 Å². The normalized spacial score (nSPS) is 17.8. The number of pyridine rings is 1. The Hall–Kier alpha value is -4.83. The molecule has 6 rings (SSSR count). The number of carbonyl (C=O) groups excluding carboxylic acids is 2. The van der Waals surface area contributed by atoms with Crippen molar-refractivity contribution in [2.24, 2.45) is 11.8 Å². The van der Waals surface area contributed by atoms with Crippen LogP contribution in [0.4, 0.5) is 29.1 Å². The molecular formula is C29H20ClF4N7O2. The minimum absolute atomic E-state index is 0.0654. The standard InChI is InChI=1S/C29H20ClF4N7O2/c1-13-25(39-22(10-35-13)23-19(26(33)34)5-6-20(30)24(23)32)28(42)38-17-9-37-41(12-17)14(2)16-7-21(31)27(36-8-16)40-11-15-3-4-18(15)29(40)43/h5-10,12,14-15,18,26H,11H2,1-2H3,(H,38,42)/t14?,15-,18-/m1/s1. The summed E-state index contributed by atoms with van der Waals surface area (Å²) in [6, 6.07) is 2.76. The summed E-state index contributed by atoms with van der Waals surface area (Å²) in [4.78, 5) is 39.2. The Kier molecular flexibility index (Phi) is 7.09. The van der Waals surface area contributed by atoms with E-state index in [4.69, 9.17) is 11.6 Å². The summed E-state index contributed by atoms with van der Waals surface area (Å²) in [5.74, 6) is 2.34. The second kappa shape index (κ2) is 10.8. The maximum Gasteiger partial charge on any atom is 0.276 e. The van der Waals surface area contributed by atoms with Gasteiger partial charge in [-0.3, -0.25) is 24.2 Å². The molecule has 1 fully saturated rings. The van der Waals surface area contributed by atoms with Crippen molar-refractivity contribution >= 4 is 34.9 Å². The predicted octanol–water partition coefficient (Wildman–Crippen LogP) is 5.37. The molecule has 43 heavy (non-hydrogen) atoms. The molecule has 0 spiro atoms. The number of fused-ring (bicyclic) bond motifs is 1. The van der Waals surface area contributed by atoms with Crippen molar-refractivity contribution < 1.29 is 27.2 Å². The largest absolute Gasteiger partial charge is 0.318 e. The Labute approximate surface area is 246 Å². The van der Waals surface area contributed by atoms with Gasteiger partial charge in [0.1, 0.15) is 11.6 Å². The van der Waals surface area contributed by atoms with E-state index in [1.54, 1.807) is 6.92 Å². The van der Waals surface area contributed by atoms with E-state index in [1.807, 2.05) is 0 Å². The first-order valence-corrected chi connectivity index (χ1v) is 13.3. The van der Waals surface area contributed by atoms with Gasteiger partial charge >= 0.3 is 0 Å². The van der Waals surface area contributed by atoms with E-state index >= 15 is 4.39 Å². The maximum atomic E-state index is 15.0. The van der Waals surface area contributed by atoms with Crippen molar-refractivity contribution in [2.45, 2.75) is 26.3 Å². The number of benzene rings is 1. The summed E-state index contributed by atoms with van der Waals surface area (Å²) >= 11 is 5.82. The van der Waals surface area contributed by atoms with Crippen LogP contribution in [0.25, 0.3) is 11.3 Å². The average Bonchev–Trinajstić information content (AvgIpc) is 3.50. The Morgan fingerprint density at radius 3 is 2.60 bits per heavy atom. The lowest BCUT2D eigenvalue weighted by Crippen LogP contribution is -2.28. The van der Waals surface area contributed by atoms with Gasteiger partial charge in [0.05, 0.1) is 46.5 Å². The van der Waals surface area contributed by atoms with Crippen molar-refractivity contribution in [3.05, 3.63) is 82.2 Å². The van der Waals surface area contributed by atoms with Gasteiger partial charge in [-0.1, -0.05) is 29.5 Å². The molecule has 4 heterocycles. The third kappa shape index (κ3) is 4.97. The third-order valence-electron chi connectivity index (χ3n) is 7.36. The van der Waals surface area contributed by atoms with Crippen LogP contribution in [-0.2, 0) is 4.79 Å². The molecule has 9 nitrogen and oxygen atoms in total. The summed E-state index contributed by atoms with van der Waals surface area (Å²) in [5.41, 5.74) is -0.837. The van der Waals surface area contributed by atoms with E-state index in [0.29, 0.717) is 12.1 Å². The van der Waals surface area contributed by atoms with Crippen LogP contribution in [0.15, 0.2) is 43.0 Å². The van der Waals surface area contributed by atoms with Crippen LogP contribution in [0.2, 0.25) is 5.02 Å². The van der Waals surface area contributed by atoms with Crippen molar-refractivity contribution in [3.8, 4) is 23.1 Å². The molecule has 1 aliphatic heterocycles. The SMILES string of the molecule is Cc1ncc(-c2c(C(F)F)ccc(Cl)c2F)nc1C(=O)Nc1cnn(C(C)c2cnc(N3C[C@H]4C#C[C@H]4C3=O)c(F)c2)c1. The second-order valence-electron chi connectivity index (χ2n) is 10.1. The summed E-state index contributed by atoms with van der Waals surface area (Å²) in [5, 5.41) is 6.46. The zero-order chi connectivity index (χ0) is 30.6. The zero-order valence-corrected chi connectivity index (χ0v) is 23.2. The molecule has 2 amide bonds. The third-order valence-corrected chi connectivity index (χ3v) is 7.66. The van der Waals surface area contributed by atoms with E-state index in [-0.39, 0.29) is 45.4 Å². The van der Waals surface area contributed by atoms with Crippen molar-refractivity contribution in [2.75, 3.05) is 16.8 Å². The monoisotopic (exact) mass is 609 g/mol. The second-order valence-corrected chi connectivity index (χ2v) is 10.5. The Morgan fingerprint density at radius 2 is 1.95 bits per heavy atom. The Bertz CT molecular complexity index is 1870. The molecule has 0 radical (unpaired) electrons. The van der Waals surface area contributed by atoms with Crippen LogP contribution < -0.4 is 10.2 Å². The molecule has 0 bridgehead atoms. The number of nitrogens with zero attached hydrogens (tertiary/aromatic N) is 6. The van der Waals surface area contributed by atoms with Gasteiger partial charge < -0.3 is 5.32 Å². The molecule has 2 aliphatic rings. The summed E-state index contributed by atoms with van der Waals surface area (Å²) in [6.07, 6.45) is 2.35. The molecule has 3 aromatic heterocycles. The van der Waals surface area contributed by atoms with Crippen LogP contribution in [0.3, 0.4) is 0 Å². The Morgan fingerprint density at radius 1 is 1.16 bits per heavy atom. The van der Waals surface area contributed by atoms with Gasteiger partial charge in [-0.15, -0.1) is 0 Å². The first-order chi connectivity index (χ1) is 20.5. The number of hydrogen-bond acceptors (Lipinski definition) is 6. The predicted molar refractivity (Wildman–Crippen MR) is 147 cm³/mol. The number of aryl methyl sites for hydroxylation is 1. The van der Waals surface area contributed by atoms with Crippen LogP contribution in [-0.4, -0.2) is 43.1 Å². The number of nitrogens with one attached hydrogen (secondary N) is 1. The highest BCUT2D eigenvalue weighted by Gasteiger charge is 2.44. The number of carbonyl (C=O) groups is 2. The topological polar surface area (TPSA) is 106 Å². The zero-order valence-electron chi connectivity index (χ0n) is 22.4. The summed E-state index contributed by atoms with van der Waals surface area (Å²) < 4.78 is 58.5. The number of hydrogen-bond donors (Lipinski definition) is 1. The molecule has 1 aliphatic carbocycles. The molecule has 14 heteroatoms. The smallest absolute Gasteiger partial charge is 0.276 e. The number of amides is 2. The minimum atomic E-state index is -3.03. The molecule has 218 valence electrons. The maximum absolute atomic E-state index is 15.0. The van der Waals surface area contributed by atoms with Gasteiger partial charge in [-0.05, 0) is 31.5 Å². The highest BCUT2D eigenvalue weighted by atomic mass is 35.5. The minimum Gasteiger partial charge on any atom is -0.318 e. The van der Waals surface area contributed by atoms with Crippen LogP contribution >= 0.6 is 11.6 Å². The molecule has 1 unspecified atom stereocenters. The lowest BCUT2D eigenvalue weighted by molar-refractivity contribution is -0.119. The highest BCUT2D eigenvalue weighted by molar-refractivity contribution is 6.31. The molecule has 0 saturated carbocycles. The first-order valence-electron chi connectivity index (χ1n) is 13.0. The van der Waals surface area contributed by atoms with Crippen molar-refractivity contribution in [3.63, 3.8) is 0 Å². The van der Waals surface area contributed by atoms with Gasteiger partial charge in [0.15, 0.2) is 17.5 Å². The van der Waals surface area contributed by atoms with E-state index in [1.165, 1.54) is 41.2 Å². The number of alkyl halides is 2. The summed E-state index contributed by atoms with van der Waals surface area (Å²) in [7, 11) is 0. The number of rotatable bonds is 7. The Balaban J connectivity index is 1.20. The molecule has 1 saturated heterocycles. The first kappa shape index (κ1) is 28.3. The van der Waals surface area contributed by atoms with Gasteiger partial charge in [-0.2, -0.15) is 5.10 Å². The van der Waals surface area contributed by atoms with Gasteiger partial charge in [0.25, 0.3) is 12.3 Å². The average molecular weight is 610 g/mol. The fourth-order valence-corrected chi connectivity index (χ4v) is 5.09. The molecule has 4 aromatic rings. The van der Waals surface area contributed by atoms with E-state index in [9.17, 15) is 22.8 Å². The summed E-state index contributed by atoms with van der Waals surface area (Å²) in [6.45, 7) is 3.52. The quantitative estimate of drug-likeness (QED) is 0.223. The lowest BCUT2D eigenvalue weighted by Gasteiger charge is -2.18. The van der Waals surface area contributed by atoms with E-state index in [0.717, 1.165) is 18.3 Å². The van der Waals surface area contributed by atoms with Gasteiger partial charge in [0, 0.05) is 30.1 Å². The molecule has 1 N–H and O–H groups in total. The number of halogens is 5. The van der Waals surface area contributed by atoms with E-state index < -0.39 is 47.1 Å². The molecule has 1 aromatic carbocycles. The number of anilines is 2. The highest BCUT2D eigenvalue weighted by Crippen LogP contribution is 2.36. The number of aromatic nitrogens is 5.